The summed E-state index contributed by atoms with van der Waals surface area (Å²) < 4.78 is 34.6. The first-order valence-corrected chi connectivity index (χ1v) is 2.92. The molecule has 66 valence electrons. The molecule has 0 saturated heterocycles. The summed E-state index contributed by atoms with van der Waals surface area (Å²) in [5.41, 5.74) is 9.57. The van der Waals surface area contributed by atoms with Crippen molar-refractivity contribution in [3.05, 3.63) is 0 Å². The van der Waals surface area contributed by atoms with Crippen LogP contribution in [0.4, 0.5) is 13.2 Å². The first kappa shape index (κ1) is 10.2. The molecule has 0 fully saturated rings. The van der Waals surface area contributed by atoms with Gasteiger partial charge in [0, 0.05) is 12.5 Å². The van der Waals surface area contributed by atoms with E-state index < -0.39 is 31.0 Å². The molecule has 0 radical (unpaired) electrons. The Bertz CT molecular complexity index is 145. The highest BCUT2D eigenvalue weighted by Gasteiger charge is 2.30. The van der Waals surface area contributed by atoms with Gasteiger partial charge in [0.05, 0.1) is 6.42 Å². The van der Waals surface area contributed by atoms with E-state index in [1.165, 1.54) is 0 Å². The predicted molar refractivity (Wildman–Crippen MR) is 32.5 cm³/mol. The summed E-state index contributed by atoms with van der Waals surface area (Å²) >= 11 is 0. The predicted octanol–water partition coefficient (Wildman–Crippen LogP) is 0.141. The van der Waals surface area contributed by atoms with Crippen LogP contribution in [0, 0.1) is 0 Å². The van der Waals surface area contributed by atoms with Crippen LogP contribution in [0.3, 0.4) is 0 Å². The van der Waals surface area contributed by atoms with Crippen molar-refractivity contribution in [2.75, 3.05) is 0 Å². The van der Waals surface area contributed by atoms with Crippen molar-refractivity contribution in [2.24, 2.45) is 11.5 Å². The molecule has 0 aliphatic rings. The van der Waals surface area contributed by atoms with Crippen LogP contribution >= 0.6 is 0 Å². The second-order valence-corrected chi connectivity index (χ2v) is 2.25. The Balaban J connectivity index is 3.69. The molecular weight excluding hydrogens is 161 g/mol. The highest BCUT2D eigenvalue weighted by Crippen LogP contribution is 2.21. The monoisotopic (exact) mass is 170 g/mol. The van der Waals surface area contributed by atoms with Gasteiger partial charge < -0.3 is 11.5 Å². The van der Waals surface area contributed by atoms with Crippen LogP contribution in [-0.4, -0.2) is 18.1 Å². The Morgan fingerprint density at radius 2 is 1.91 bits per heavy atom. The van der Waals surface area contributed by atoms with Crippen LogP contribution in [0.2, 0.25) is 0 Å². The molecule has 0 bridgehead atoms. The average molecular weight is 170 g/mol. The van der Waals surface area contributed by atoms with E-state index in [1.54, 1.807) is 0 Å². The molecule has 0 aliphatic heterocycles. The summed E-state index contributed by atoms with van der Waals surface area (Å²) in [6, 6.07) is -1.22. The van der Waals surface area contributed by atoms with E-state index in [0.29, 0.717) is 0 Å². The maximum atomic E-state index is 11.5. The quantitative estimate of drug-likeness (QED) is 0.632. The maximum absolute atomic E-state index is 11.5. The normalized spacial score (nSPS) is 14.5. The Hall–Kier alpha value is -0.780. The van der Waals surface area contributed by atoms with Crippen molar-refractivity contribution < 1.29 is 18.0 Å². The highest BCUT2D eigenvalue weighted by molar-refractivity contribution is 5.74. The molecule has 0 saturated carbocycles. The molecule has 1 unspecified atom stereocenters. The van der Waals surface area contributed by atoms with E-state index in [0.717, 1.165) is 0 Å². The van der Waals surface area contributed by atoms with Crippen molar-refractivity contribution in [2.45, 2.75) is 25.1 Å². The van der Waals surface area contributed by atoms with Crippen molar-refractivity contribution >= 4 is 5.91 Å². The number of amides is 1. The topological polar surface area (TPSA) is 69.1 Å². The number of hydrogen-bond acceptors (Lipinski definition) is 2. The van der Waals surface area contributed by atoms with Crippen LogP contribution in [0.25, 0.3) is 0 Å². The summed E-state index contributed by atoms with van der Waals surface area (Å²) in [7, 11) is 0. The lowest BCUT2D eigenvalue weighted by atomic mass is 10.1. The Morgan fingerprint density at radius 1 is 1.45 bits per heavy atom. The standard InChI is InChI=1S/C5H9F3N2O/c6-5(7,8)2-3(9)1-4(10)11/h3H,1-2,9H2,(H2,10,11). The first-order chi connectivity index (χ1) is 4.81. The second-order valence-electron chi connectivity index (χ2n) is 2.25. The maximum Gasteiger partial charge on any atom is 0.390 e. The van der Waals surface area contributed by atoms with Gasteiger partial charge in [-0.2, -0.15) is 13.2 Å². The Kier molecular flexibility index (Phi) is 3.31. The fraction of sp³-hybridized carbons (Fsp3) is 0.800. The molecule has 0 aromatic carbocycles. The molecule has 11 heavy (non-hydrogen) atoms. The summed E-state index contributed by atoms with van der Waals surface area (Å²) in [5.74, 6) is -0.818. The number of alkyl halides is 3. The molecule has 4 N–H and O–H groups in total. The number of halogens is 3. The molecule has 0 aromatic rings. The van der Waals surface area contributed by atoms with Gasteiger partial charge in [-0.25, -0.2) is 0 Å². The number of carbonyl (C=O) groups excluding carboxylic acids is 1. The fourth-order valence-electron chi connectivity index (χ4n) is 0.628. The summed E-state index contributed by atoms with van der Waals surface area (Å²) in [4.78, 5) is 10.1. The van der Waals surface area contributed by atoms with Crippen molar-refractivity contribution in [1.29, 1.82) is 0 Å². The fourth-order valence-corrected chi connectivity index (χ4v) is 0.628. The van der Waals surface area contributed by atoms with Crippen molar-refractivity contribution in [1.82, 2.24) is 0 Å². The zero-order valence-corrected chi connectivity index (χ0v) is 5.69. The van der Waals surface area contributed by atoms with Crippen LogP contribution in [0.15, 0.2) is 0 Å². The van der Waals surface area contributed by atoms with Crippen LogP contribution < -0.4 is 11.5 Å². The molecule has 0 rings (SSSR count). The molecule has 0 spiro atoms. The highest BCUT2D eigenvalue weighted by atomic mass is 19.4. The van der Waals surface area contributed by atoms with E-state index in [9.17, 15) is 18.0 Å². The number of nitrogens with two attached hydrogens (primary N) is 2. The van der Waals surface area contributed by atoms with E-state index in [1.807, 2.05) is 0 Å². The summed E-state index contributed by atoms with van der Waals surface area (Å²) in [6.07, 6.45) is -5.93. The van der Waals surface area contributed by atoms with E-state index in [-0.39, 0.29) is 0 Å². The van der Waals surface area contributed by atoms with Gasteiger partial charge in [-0.05, 0) is 0 Å². The third kappa shape index (κ3) is 7.11. The average Bonchev–Trinajstić information content (AvgIpc) is 1.53. The summed E-state index contributed by atoms with van der Waals surface area (Å²) in [5, 5.41) is 0. The zero-order chi connectivity index (χ0) is 9.07. The van der Waals surface area contributed by atoms with Crippen LogP contribution in [0.5, 0.6) is 0 Å². The molecule has 1 amide bonds. The molecule has 0 aromatic heterocycles. The second kappa shape index (κ2) is 3.56. The number of hydrogen-bond donors (Lipinski definition) is 2. The smallest absolute Gasteiger partial charge is 0.370 e. The third-order valence-corrected chi connectivity index (χ3v) is 0.957. The van der Waals surface area contributed by atoms with Gasteiger partial charge in [0.2, 0.25) is 5.91 Å². The van der Waals surface area contributed by atoms with E-state index in [4.69, 9.17) is 5.73 Å². The van der Waals surface area contributed by atoms with Crippen molar-refractivity contribution in [3.8, 4) is 0 Å². The van der Waals surface area contributed by atoms with Gasteiger partial charge in [0.1, 0.15) is 0 Å². The van der Waals surface area contributed by atoms with E-state index in [2.05, 4.69) is 5.73 Å². The zero-order valence-electron chi connectivity index (χ0n) is 5.69. The number of carbonyl (C=O) groups is 1. The minimum atomic E-state index is -4.32. The van der Waals surface area contributed by atoms with Gasteiger partial charge >= 0.3 is 6.18 Å². The molecule has 1 atom stereocenters. The van der Waals surface area contributed by atoms with Crippen LogP contribution in [0.1, 0.15) is 12.8 Å². The largest absolute Gasteiger partial charge is 0.390 e. The van der Waals surface area contributed by atoms with E-state index >= 15 is 0 Å². The van der Waals surface area contributed by atoms with Gasteiger partial charge in [-0.1, -0.05) is 0 Å². The lowest BCUT2D eigenvalue weighted by molar-refractivity contribution is -0.139. The first-order valence-electron chi connectivity index (χ1n) is 2.92. The van der Waals surface area contributed by atoms with Gasteiger partial charge in [-0.3, -0.25) is 4.79 Å². The lowest BCUT2D eigenvalue weighted by Crippen LogP contribution is -2.32. The third-order valence-electron chi connectivity index (χ3n) is 0.957. The number of rotatable bonds is 3. The molecule has 0 aliphatic carbocycles. The lowest BCUT2D eigenvalue weighted by Gasteiger charge is -2.11. The molecular formula is C5H9F3N2O. The van der Waals surface area contributed by atoms with Gasteiger partial charge in [-0.15, -0.1) is 0 Å². The summed E-state index contributed by atoms with van der Waals surface area (Å²) in [6.45, 7) is 0. The van der Waals surface area contributed by atoms with Crippen LogP contribution in [-0.2, 0) is 4.79 Å². The Morgan fingerprint density at radius 3 is 2.18 bits per heavy atom. The Labute approximate surface area is 61.5 Å². The molecule has 6 heteroatoms. The van der Waals surface area contributed by atoms with Crippen molar-refractivity contribution in [3.63, 3.8) is 0 Å². The minimum absolute atomic E-state index is 0.431. The number of primary amides is 1. The SMILES string of the molecule is NC(=O)CC(N)CC(F)(F)F. The van der Waals surface area contributed by atoms with Gasteiger partial charge in [0.25, 0.3) is 0 Å². The molecule has 0 heterocycles. The van der Waals surface area contributed by atoms with Gasteiger partial charge in [0.15, 0.2) is 0 Å². The molecule has 3 nitrogen and oxygen atoms in total. The minimum Gasteiger partial charge on any atom is -0.370 e.